The number of halogens is 9. The van der Waals surface area contributed by atoms with Gasteiger partial charge in [-0.2, -0.15) is 40.9 Å². The summed E-state index contributed by atoms with van der Waals surface area (Å²) >= 11 is 6.20. The number of ether oxygens (including phenoxy) is 1. The molecule has 38 heavy (non-hydrogen) atoms. The van der Waals surface area contributed by atoms with Crippen molar-refractivity contribution < 1.29 is 44.7 Å². The van der Waals surface area contributed by atoms with E-state index in [1.807, 2.05) is 0 Å². The lowest BCUT2D eigenvalue weighted by molar-refractivity contribution is -0.350. The van der Waals surface area contributed by atoms with Crippen LogP contribution in [0.15, 0.2) is 24.4 Å². The molecule has 1 aliphatic carbocycles. The Balaban J connectivity index is 1.63. The van der Waals surface area contributed by atoms with E-state index in [2.05, 4.69) is 10.2 Å². The van der Waals surface area contributed by atoms with Crippen molar-refractivity contribution in [3.8, 4) is 22.7 Å². The number of aromatic nitrogens is 4. The first-order valence-electron chi connectivity index (χ1n) is 10.9. The van der Waals surface area contributed by atoms with Crippen LogP contribution in [0.3, 0.4) is 0 Å². The summed E-state index contributed by atoms with van der Waals surface area (Å²) in [6.07, 6.45) is -12.9. The predicted octanol–water partition coefficient (Wildman–Crippen LogP) is 5.81. The fourth-order valence-corrected chi connectivity index (χ4v) is 4.49. The Morgan fingerprint density at radius 2 is 1.76 bits per heavy atom. The van der Waals surface area contributed by atoms with Crippen LogP contribution < -0.4 is 4.74 Å². The molecule has 1 aromatic carbocycles. The van der Waals surface area contributed by atoms with Crippen molar-refractivity contribution in [2.75, 3.05) is 7.05 Å². The average Bonchev–Trinajstić information content (AvgIpc) is 3.49. The molecule has 0 saturated heterocycles. The number of hydrogen-bond donors (Lipinski definition) is 0. The van der Waals surface area contributed by atoms with Crippen LogP contribution in [0.2, 0.25) is 5.02 Å². The van der Waals surface area contributed by atoms with E-state index < -0.39 is 53.2 Å². The molecule has 2 aliphatic rings. The van der Waals surface area contributed by atoms with Crippen molar-refractivity contribution in [1.29, 1.82) is 0 Å². The van der Waals surface area contributed by atoms with Crippen LogP contribution in [0.4, 0.5) is 35.1 Å². The van der Waals surface area contributed by atoms with Gasteiger partial charge >= 0.3 is 18.0 Å². The Morgan fingerprint density at radius 1 is 1.13 bits per heavy atom. The van der Waals surface area contributed by atoms with Crippen LogP contribution in [-0.4, -0.2) is 55.8 Å². The summed E-state index contributed by atoms with van der Waals surface area (Å²) in [5.74, 6) is -2.47. The van der Waals surface area contributed by atoms with E-state index in [0.29, 0.717) is 9.36 Å². The monoisotopic (exact) mass is 569 g/mol. The van der Waals surface area contributed by atoms with E-state index in [-0.39, 0.29) is 27.8 Å². The summed E-state index contributed by atoms with van der Waals surface area (Å²) in [6, 6.07) is 4.22. The largest absolute Gasteiger partial charge is 0.448 e. The Kier molecular flexibility index (Phi) is 5.75. The maximum atomic E-state index is 15.3. The maximum absolute atomic E-state index is 15.3. The van der Waals surface area contributed by atoms with Crippen LogP contribution in [-0.2, 0) is 12.7 Å². The minimum atomic E-state index is -6.49. The molecule has 1 amide bonds. The SMILES string of the molecule is CN(C(=O)c1cc(-c2cnn3c2C(F)Oc2c(C(F)(C(F)(F)F)C(F)(F)F)nn(C)c2-3)ccc1Cl)C1CC1. The lowest BCUT2D eigenvalue weighted by Crippen LogP contribution is -2.51. The van der Waals surface area contributed by atoms with Gasteiger partial charge in [0.15, 0.2) is 17.3 Å². The van der Waals surface area contributed by atoms with Gasteiger partial charge in [-0.1, -0.05) is 17.7 Å². The molecule has 204 valence electrons. The lowest BCUT2D eigenvalue weighted by atomic mass is 9.99. The molecule has 0 bridgehead atoms. The van der Waals surface area contributed by atoms with E-state index in [1.165, 1.54) is 23.1 Å². The van der Waals surface area contributed by atoms with Gasteiger partial charge in [0.25, 0.3) is 12.3 Å². The van der Waals surface area contributed by atoms with Crippen LogP contribution in [0.1, 0.15) is 40.9 Å². The van der Waals surface area contributed by atoms with Crippen molar-refractivity contribution in [3.05, 3.63) is 46.4 Å². The van der Waals surface area contributed by atoms with Crippen molar-refractivity contribution in [1.82, 2.24) is 24.5 Å². The number of amides is 1. The first-order valence-corrected chi connectivity index (χ1v) is 11.3. The van der Waals surface area contributed by atoms with Gasteiger partial charge in [0.1, 0.15) is 5.69 Å². The molecule has 1 aliphatic heterocycles. The van der Waals surface area contributed by atoms with Gasteiger partial charge < -0.3 is 9.64 Å². The number of fused-ring (bicyclic) bond motifs is 3. The molecule has 0 spiro atoms. The highest BCUT2D eigenvalue weighted by atomic mass is 35.5. The smallest absolute Gasteiger partial charge is 0.437 e. The number of hydrogen-bond acceptors (Lipinski definition) is 4. The van der Waals surface area contributed by atoms with Crippen LogP contribution >= 0.6 is 11.6 Å². The third-order valence-electron chi connectivity index (χ3n) is 6.45. The van der Waals surface area contributed by atoms with Gasteiger partial charge in [0.05, 0.1) is 16.8 Å². The van der Waals surface area contributed by atoms with Gasteiger partial charge in [-0.15, -0.1) is 0 Å². The van der Waals surface area contributed by atoms with Gasteiger partial charge in [0, 0.05) is 25.7 Å². The molecule has 3 heterocycles. The van der Waals surface area contributed by atoms with Gasteiger partial charge in [-0.05, 0) is 30.5 Å². The summed E-state index contributed by atoms with van der Waals surface area (Å²) in [6.45, 7) is 0. The van der Waals surface area contributed by atoms with Crippen LogP contribution in [0.25, 0.3) is 16.9 Å². The van der Waals surface area contributed by atoms with Crippen molar-refractivity contribution in [2.45, 2.75) is 43.3 Å². The van der Waals surface area contributed by atoms with Gasteiger partial charge in [-0.25, -0.2) is 13.8 Å². The molecule has 1 fully saturated rings. The van der Waals surface area contributed by atoms with E-state index in [0.717, 1.165) is 26.1 Å². The molecule has 1 atom stereocenters. The molecular weight excluding hydrogens is 554 g/mol. The molecule has 5 rings (SSSR count). The topological polar surface area (TPSA) is 65.2 Å². The molecule has 0 radical (unpaired) electrons. The number of aryl methyl sites for hydroxylation is 1. The standard InChI is InChI=1S/C22H16ClF8N5O2/c1-34(10-4-5-10)19(37)11-7-9(3-6-13(11)23)12-8-32-36-14(12)17(24)38-15-16(33-35(2)18(15)36)20(25,21(26,27)28)22(29,30)31/h3,6-8,10,17H,4-5H2,1-2H3. The van der Waals surface area contributed by atoms with Gasteiger partial charge in [-0.3, -0.25) is 4.79 Å². The number of carbonyl (C=O) groups excluding carboxylic acids is 1. The van der Waals surface area contributed by atoms with Crippen LogP contribution in [0, 0.1) is 0 Å². The zero-order valence-electron chi connectivity index (χ0n) is 19.3. The van der Waals surface area contributed by atoms with E-state index >= 15 is 4.39 Å². The van der Waals surface area contributed by atoms with Crippen molar-refractivity contribution >= 4 is 17.5 Å². The second-order valence-electron chi connectivity index (χ2n) is 8.91. The van der Waals surface area contributed by atoms with E-state index in [9.17, 15) is 35.5 Å². The van der Waals surface area contributed by atoms with Crippen LogP contribution in [0.5, 0.6) is 5.75 Å². The molecule has 7 nitrogen and oxygen atoms in total. The molecular formula is C22H16ClF8N5O2. The molecule has 2 aromatic heterocycles. The Hall–Kier alpha value is -3.36. The number of carbonyl (C=O) groups is 1. The Bertz CT molecular complexity index is 1430. The lowest BCUT2D eigenvalue weighted by Gasteiger charge is -2.30. The summed E-state index contributed by atoms with van der Waals surface area (Å²) in [5.41, 5.74) is -8.27. The number of alkyl halides is 8. The fourth-order valence-electron chi connectivity index (χ4n) is 4.29. The first kappa shape index (κ1) is 26.3. The number of rotatable bonds is 4. The normalized spacial score (nSPS) is 17.6. The second kappa shape index (κ2) is 8.32. The Labute approximate surface area is 213 Å². The molecule has 0 N–H and O–H groups in total. The summed E-state index contributed by atoms with van der Waals surface area (Å²) in [7, 11) is 2.53. The predicted molar refractivity (Wildman–Crippen MR) is 115 cm³/mol. The van der Waals surface area contributed by atoms with Gasteiger partial charge in [0.2, 0.25) is 0 Å². The number of benzene rings is 1. The third-order valence-corrected chi connectivity index (χ3v) is 6.78. The quantitative estimate of drug-likeness (QED) is 0.372. The summed E-state index contributed by atoms with van der Waals surface area (Å²) < 4.78 is 116. The molecule has 1 saturated carbocycles. The van der Waals surface area contributed by atoms with Crippen molar-refractivity contribution in [2.24, 2.45) is 7.05 Å². The average molecular weight is 570 g/mol. The maximum Gasteiger partial charge on any atom is 0.437 e. The molecule has 16 heteroatoms. The van der Waals surface area contributed by atoms with E-state index in [1.54, 1.807) is 7.05 Å². The zero-order chi connectivity index (χ0) is 27.9. The minimum absolute atomic E-state index is 0.00356. The molecule has 3 aromatic rings. The number of nitrogens with zero attached hydrogens (tertiary/aromatic N) is 5. The third kappa shape index (κ3) is 3.73. The summed E-state index contributed by atoms with van der Waals surface area (Å²) in [5, 5.41) is 7.09. The highest BCUT2D eigenvalue weighted by Crippen LogP contribution is 2.57. The summed E-state index contributed by atoms with van der Waals surface area (Å²) in [4.78, 5) is 14.4. The highest BCUT2D eigenvalue weighted by molar-refractivity contribution is 6.34. The fraction of sp³-hybridized carbons (Fsp3) is 0.409. The highest BCUT2D eigenvalue weighted by Gasteiger charge is 2.76. The first-order chi connectivity index (χ1) is 17.6. The zero-order valence-corrected chi connectivity index (χ0v) is 20.1. The minimum Gasteiger partial charge on any atom is -0.448 e. The Morgan fingerprint density at radius 3 is 2.34 bits per heavy atom. The second-order valence-corrected chi connectivity index (χ2v) is 9.32. The molecule has 1 unspecified atom stereocenters. The van der Waals surface area contributed by atoms with E-state index in [4.69, 9.17) is 16.3 Å². The van der Waals surface area contributed by atoms with Crippen molar-refractivity contribution in [3.63, 3.8) is 0 Å².